The highest BCUT2D eigenvalue weighted by Crippen LogP contribution is 2.25. The third kappa shape index (κ3) is 3.88. The van der Waals surface area contributed by atoms with E-state index in [-0.39, 0.29) is 11.8 Å². The Balaban J connectivity index is 1.49. The Morgan fingerprint density at radius 1 is 1.24 bits per heavy atom. The van der Waals surface area contributed by atoms with Gasteiger partial charge in [0, 0.05) is 25.0 Å². The van der Waals surface area contributed by atoms with E-state index in [1.165, 1.54) is 7.11 Å². The number of benzene rings is 1. The number of nitrogens with zero attached hydrogens (tertiary/aromatic N) is 4. The van der Waals surface area contributed by atoms with E-state index in [4.69, 9.17) is 16.3 Å². The number of fused-ring (bicyclic) bond motifs is 1. The summed E-state index contributed by atoms with van der Waals surface area (Å²) in [4.78, 5) is 26.6. The number of rotatable bonds is 4. The van der Waals surface area contributed by atoms with Crippen molar-refractivity contribution in [2.45, 2.75) is 12.8 Å². The maximum atomic E-state index is 12.8. The van der Waals surface area contributed by atoms with Gasteiger partial charge < -0.3 is 15.0 Å². The van der Waals surface area contributed by atoms with Crippen LogP contribution in [0.1, 0.15) is 23.2 Å². The van der Waals surface area contributed by atoms with Crippen LogP contribution < -0.4 is 10.2 Å². The Morgan fingerprint density at radius 2 is 2.10 bits per heavy atom. The Labute approximate surface area is 172 Å². The quantitative estimate of drug-likeness (QED) is 0.661. The van der Waals surface area contributed by atoms with E-state index in [0.717, 1.165) is 19.4 Å². The molecule has 1 N–H and O–H groups in total. The highest BCUT2D eigenvalue weighted by Gasteiger charge is 2.28. The van der Waals surface area contributed by atoms with Crippen LogP contribution in [0.25, 0.3) is 5.65 Å². The number of hydrogen-bond donors (Lipinski definition) is 1. The van der Waals surface area contributed by atoms with E-state index in [1.807, 2.05) is 16.7 Å². The number of carbonyl (C=O) groups excluding carboxylic acids is 2. The zero-order valence-electron chi connectivity index (χ0n) is 15.8. The molecule has 0 radical (unpaired) electrons. The van der Waals surface area contributed by atoms with E-state index in [2.05, 4.69) is 20.4 Å². The number of methoxy groups -OCH3 is 1. The molecule has 1 aliphatic heterocycles. The molecule has 2 aromatic heterocycles. The molecule has 0 aliphatic carbocycles. The molecule has 8 nitrogen and oxygen atoms in total. The number of esters is 1. The molecule has 0 bridgehead atoms. The minimum absolute atomic E-state index is 0.0939. The second-order valence-electron chi connectivity index (χ2n) is 6.90. The van der Waals surface area contributed by atoms with Crippen LogP contribution >= 0.6 is 11.6 Å². The van der Waals surface area contributed by atoms with Gasteiger partial charge in [-0.05, 0) is 43.2 Å². The summed E-state index contributed by atoms with van der Waals surface area (Å²) in [7, 11) is 1.32. The van der Waals surface area contributed by atoms with E-state index in [0.29, 0.717) is 34.4 Å². The number of halogens is 1. The van der Waals surface area contributed by atoms with E-state index in [9.17, 15) is 9.59 Å². The van der Waals surface area contributed by atoms with Gasteiger partial charge in [0.05, 0.1) is 23.6 Å². The van der Waals surface area contributed by atoms with Crippen molar-refractivity contribution < 1.29 is 14.3 Å². The summed E-state index contributed by atoms with van der Waals surface area (Å²) in [5, 5.41) is 11.9. The molecule has 0 saturated carbocycles. The largest absolute Gasteiger partial charge is 0.465 e. The van der Waals surface area contributed by atoms with Crippen LogP contribution in [0.5, 0.6) is 0 Å². The van der Waals surface area contributed by atoms with Gasteiger partial charge in [-0.25, -0.2) is 4.79 Å². The number of ether oxygens (including phenoxy) is 1. The van der Waals surface area contributed by atoms with Gasteiger partial charge in [0.15, 0.2) is 5.65 Å². The lowest BCUT2D eigenvalue weighted by molar-refractivity contribution is -0.120. The molecule has 1 atom stereocenters. The Bertz CT molecular complexity index is 1070. The summed E-state index contributed by atoms with van der Waals surface area (Å²) < 4.78 is 6.56. The fourth-order valence-electron chi connectivity index (χ4n) is 3.55. The molecule has 29 heavy (non-hydrogen) atoms. The zero-order chi connectivity index (χ0) is 20.4. The molecule has 1 aromatic carbocycles. The summed E-state index contributed by atoms with van der Waals surface area (Å²) in [6.45, 7) is 1.31. The smallest absolute Gasteiger partial charge is 0.337 e. The first-order valence-electron chi connectivity index (χ1n) is 9.30. The third-order valence-electron chi connectivity index (χ3n) is 5.00. The SMILES string of the molecule is COC(=O)c1cccc(NC(=O)[C@H]2CCCN(c3nnc4c(Cl)cccn34)C2)c1. The molecule has 1 saturated heterocycles. The lowest BCUT2D eigenvalue weighted by atomic mass is 9.97. The van der Waals surface area contributed by atoms with Gasteiger partial charge >= 0.3 is 5.97 Å². The molecule has 9 heteroatoms. The molecule has 0 unspecified atom stereocenters. The summed E-state index contributed by atoms with van der Waals surface area (Å²) in [6.07, 6.45) is 3.49. The van der Waals surface area contributed by atoms with E-state index < -0.39 is 5.97 Å². The molecule has 3 aromatic rings. The number of pyridine rings is 1. The van der Waals surface area contributed by atoms with Crippen LogP contribution in [0.4, 0.5) is 11.6 Å². The van der Waals surface area contributed by atoms with Crippen molar-refractivity contribution in [3.8, 4) is 0 Å². The standard InChI is InChI=1S/C20H20ClN5O3/c1-29-19(28)13-5-2-7-15(11-13)22-18(27)14-6-3-9-25(12-14)20-24-23-17-16(21)8-4-10-26(17)20/h2,4-5,7-8,10-11,14H,3,6,9,12H2,1H3,(H,22,27)/t14-/m0/s1. The van der Waals surface area contributed by atoms with Crippen molar-refractivity contribution >= 4 is 40.8 Å². The average molecular weight is 414 g/mol. The van der Waals surface area contributed by atoms with Gasteiger partial charge in [-0.15, -0.1) is 10.2 Å². The molecular weight excluding hydrogens is 394 g/mol. The van der Waals surface area contributed by atoms with Crippen LogP contribution in [0, 0.1) is 5.92 Å². The van der Waals surface area contributed by atoms with Gasteiger partial charge in [0.1, 0.15) is 0 Å². The van der Waals surface area contributed by atoms with Crippen LogP contribution in [-0.2, 0) is 9.53 Å². The predicted octanol–water partition coefficient (Wildman–Crippen LogP) is 3.02. The third-order valence-corrected chi connectivity index (χ3v) is 5.29. The van der Waals surface area contributed by atoms with Gasteiger partial charge in [0.2, 0.25) is 11.9 Å². The minimum Gasteiger partial charge on any atom is -0.465 e. The zero-order valence-corrected chi connectivity index (χ0v) is 16.6. The number of hydrogen-bond acceptors (Lipinski definition) is 6. The van der Waals surface area contributed by atoms with E-state index in [1.54, 1.807) is 30.3 Å². The van der Waals surface area contributed by atoms with Crippen LogP contribution in [0.2, 0.25) is 5.02 Å². The number of nitrogens with one attached hydrogen (secondary N) is 1. The maximum Gasteiger partial charge on any atom is 0.337 e. The first kappa shape index (κ1) is 19.2. The van der Waals surface area contributed by atoms with Crippen LogP contribution in [0.15, 0.2) is 42.6 Å². The van der Waals surface area contributed by atoms with Crippen molar-refractivity contribution in [1.82, 2.24) is 14.6 Å². The number of aromatic nitrogens is 3. The van der Waals surface area contributed by atoms with Crippen molar-refractivity contribution in [2.24, 2.45) is 5.92 Å². The fourth-order valence-corrected chi connectivity index (χ4v) is 3.75. The number of carbonyl (C=O) groups is 2. The lowest BCUT2D eigenvalue weighted by Crippen LogP contribution is -2.41. The van der Waals surface area contributed by atoms with Crippen LogP contribution in [0.3, 0.4) is 0 Å². The summed E-state index contributed by atoms with van der Waals surface area (Å²) in [5.74, 6) is -0.0735. The molecule has 150 valence electrons. The van der Waals surface area contributed by atoms with Gasteiger partial charge in [-0.1, -0.05) is 17.7 Å². The minimum atomic E-state index is -0.442. The number of anilines is 2. The first-order chi connectivity index (χ1) is 14.1. The normalized spacial score (nSPS) is 16.6. The summed E-state index contributed by atoms with van der Waals surface area (Å²) >= 11 is 6.19. The molecular formula is C20H20ClN5O3. The monoisotopic (exact) mass is 413 g/mol. The van der Waals surface area contributed by atoms with Crippen LogP contribution in [-0.4, -0.2) is 46.7 Å². The second kappa shape index (κ2) is 8.08. The Morgan fingerprint density at radius 3 is 2.93 bits per heavy atom. The fraction of sp³-hybridized carbons (Fsp3) is 0.300. The Hall–Kier alpha value is -3.13. The number of amides is 1. The molecule has 4 rings (SSSR count). The molecule has 1 fully saturated rings. The van der Waals surface area contributed by atoms with Crippen molar-refractivity contribution in [2.75, 3.05) is 30.4 Å². The highest BCUT2D eigenvalue weighted by atomic mass is 35.5. The molecule has 0 spiro atoms. The predicted molar refractivity (Wildman–Crippen MR) is 109 cm³/mol. The van der Waals surface area contributed by atoms with Crippen molar-refractivity contribution in [3.05, 3.63) is 53.2 Å². The van der Waals surface area contributed by atoms with Crippen molar-refractivity contribution in [1.29, 1.82) is 0 Å². The van der Waals surface area contributed by atoms with Crippen molar-refractivity contribution in [3.63, 3.8) is 0 Å². The average Bonchev–Trinajstić information content (AvgIpc) is 3.19. The topological polar surface area (TPSA) is 88.8 Å². The first-order valence-corrected chi connectivity index (χ1v) is 9.68. The van der Waals surface area contributed by atoms with Gasteiger partial charge in [-0.2, -0.15) is 0 Å². The maximum absolute atomic E-state index is 12.8. The van der Waals surface area contributed by atoms with Gasteiger partial charge in [0.25, 0.3) is 0 Å². The number of piperidine rings is 1. The van der Waals surface area contributed by atoms with Gasteiger partial charge in [-0.3, -0.25) is 9.20 Å². The molecule has 1 aliphatic rings. The lowest BCUT2D eigenvalue weighted by Gasteiger charge is -2.32. The molecule has 1 amide bonds. The Kier molecular flexibility index (Phi) is 5.35. The summed E-state index contributed by atoms with van der Waals surface area (Å²) in [6, 6.07) is 10.3. The second-order valence-corrected chi connectivity index (χ2v) is 7.30. The van der Waals surface area contributed by atoms with E-state index >= 15 is 0 Å². The highest BCUT2D eigenvalue weighted by molar-refractivity contribution is 6.33. The summed E-state index contributed by atoms with van der Waals surface area (Å²) in [5.41, 5.74) is 1.55. The molecule has 3 heterocycles.